The maximum absolute atomic E-state index is 13.6. The molecule has 1 atom stereocenters. The summed E-state index contributed by atoms with van der Waals surface area (Å²) in [5.41, 5.74) is -3.16. The van der Waals surface area contributed by atoms with Gasteiger partial charge in [-0.2, -0.15) is 0 Å². The Hall–Kier alpha value is -0.670. The number of fused-ring (bicyclic) bond motifs is 1. The molecule has 1 aliphatic carbocycles. The second kappa shape index (κ2) is 8.35. The van der Waals surface area contributed by atoms with Crippen molar-refractivity contribution in [1.82, 2.24) is 0 Å². The van der Waals surface area contributed by atoms with Crippen LogP contribution in [0.15, 0.2) is 24.3 Å². The van der Waals surface area contributed by atoms with Crippen molar-refractivity contribution in [2.24, 2.45) is 0 Å². The number of benzene rings is 1. The standard InChI is InChI=1S/C17H20F3S.BrO3/c1-11(2)13-7-8-14-10-15(12-5-3-4-6-12)21(16(14)9-13)17(18,19)20;2-1(3)4/h7-12H,3-6H2,1-2H3;/q+1;-1. The van der Waals surface area contributed by atoms with Crippen molar-refractivity contribution in [2.75, 3.05) is 0 Å². The molecule has 140 valence electrons. The van der Waals surface area contributed by atoms with Crippen LogP contribution in [0.3, 0.4) is 0 Å². The first kappa shape index (κ1) is 20.6. The van der Waals surface area contributed by atoms with E-state index in [4.69, 9.17) is 12.6 Å². The fraction of sp³-hybridized carbons (Fsp3) is 0.529. The topological polar surface area (TPSA) is 69.2 Å². The minimum absolute atomic E-state index is 0.129. The predicted molar refractivity (Wildman–Crippen MR) is 83.0 cm³/mol. The fourth-order valence-corrected chi connectivity index (χ4v) is 5.50. The summed E-state index contributed by atoms with van der Waals surface area (Å²) in [6.07, 6.45) is 3.95. The molecule has 0 N–H and O–H groups in total. The van der Waals surface area contributed by atoms with E-state index in [1.54, 1.807) is 6.07 Å². The number of hydrogen-bond donors (Lipinski definition) is 0. The highest BCUT2D eigenvalue weighted by molar-refractivity contribution is 7.38. The lowest BCUT2D eigenvalue weighted by Crippen LogP contribution is -2.42. The highest BCUT2D eigenvalue weighted by atomic mass is 80.0. The van der Waals surface area contributed by atoms with Gasteiger partial charge in [-0.1, -0.05) is 32.8 Å². The Morgan fingerprint density at radius 3 is 2.12 bits per heavy atom. The van der Waals surface area contributed by atoms with E-state index in [1.165, 1.54) is 0 Å². The number of alkyl halides is 3. The van der Waals surface area contributed by atoms with E-state index in [0.29, 0.717) is 9.58 Å². The van der Waals surface area contributed by atoms with Crippen molar-refractivity contribution >= 4 is 20.6 Å². The van der Waals surface area contributed by atoms with Crippen LogP contribution in [0.1, 0.15) is 61.8 Å². The zero-order chi connectivity index (χ0) is 18.8. The summed E-state index contributed by atoms with van der Waals surface area (Å²) >= 11 is -3.65. The summed E-state index contributed by atoms with van der Waals surface area (Å²) in [5, 5.41) is 0.780. The van der Waals surface area contributed by atoms with Gasteiger partial charge in [0.25, 0.3) is 0 Å². The molecule has 8 heteroatoms. The second-order valence-electron chi connectivity index (χ2n) is 6.42. The molecule has 1 heterocycles. The third kappa shape index (κ3) is 5.17. The van der Waals surface area contributed by atoms with Crippen LogP contribution in [0.4, 0.5) is 13.2 Å². The van der Waals surface area contributed by atoms with Crippen LogP contribution in [0, 0.1) is 14.8 Å². The normalized spacial score (nSPS) is 16.6. The molecule has 1 aliphatic rings. The molecule has 3 nitrogen and oxygen atoms in total. The third-order valence-corrected chi connectivity index (χ3v) is 6.63. The van der Waals surface area contributed by atoms with Gasteiger partial charge < -0.3 is 12.6 Å². The summed E-state index contributed by atoms with van der Waals surface area (Å²) in [4.78, 5) is 0.635. The molecule has 0 radical (unpaired) electrons. The van der Waals surface area contributed by atoms with Gasteiger partial charge in [0.2, 0.25) is 14.8 Å². The summed E-state index contributed by atoms with van der Waals surface area (Å²) in [6.45, 7) is 4.04. The average Bonchev–Trinajstić information content (AvgIpc) is 3.12. The van der Waals surface area contributed by atoms with Crippen molar-refractivity contribution in [2.45, 2.75) is 56.9 Å². The number of halogens is 4. The molecule has 3 rings (SSSR count). The maximum atomic E-state index is 13.6. The van der Waals surface area contributed by atoms with Crippen molar-refractivity contribution in [3.05, 3.63) is 34.7 Å². The molecule has 1 aromatic heterocycles. The molecule has 25 heavy (non-hydrogen) atoms. The molecule has 1 saturated carbocycles. The lowest BCUT2D eigenvalue weighted by molar-refractivity contribution is -1.73. The Morgan fingerprint density at radius 1 is 1.08 bits per heavy atom. The molecule has 0 spiro atoms. The Bertz CT molecular complexity index is 704. The molecule has 1 aromatic carbocycles. The second-order valence-corrected chi connectivity index (χ2v) is 9.20. The summed E-state index contributed by atoms with van der Waals surface area (Å²) in [7, 11) is -1.71. The van der Waals surface area contributed by atoms with Crippen LogP contribution < -0.4 is 12.6 Å². The smallest absolute Gasteiger partial charge is 0.405 e. The van der Waals surface area contributed by atoms with E-state index in [2.05, 4.69) is 0 Å². The molecule has 1 unspecified atom stereocenters. The molecule has 0 bridgehead atoms. The van der Waals surface area contributed by atoms with Crippen LogP contribution >= 0.6 is 10.5 Å². The Balaban J connectivity index is 0.000000511. The van der Waals surface area contributed by atoms with Gasteiger partial charge in [-0.15, -0.1) is 13.2 Å². The van der Waals surface area contributed by atoms with Gasteiger partial charge in [-0.3, -0.25) is 0 Å². The first-order valence-corrected chi connectivity index (χ1v) is 11.2. The van der Waals surface area contributed by atoms with E-state index < -0.39 is 30.8 Å². The third-order valence-electron chi connectivity index (χ3n) is 4.45. The van der Waals surface area contributed by atoms with Gasteiger partial charge in [0.15, 0.2) is 9.58 Å². The minimum atomic E-state index is -4.16. The quantitative estimate of drug-likeness (QED) is 0.672. The Kier molecular flexibility index (Phi) is 6.89. The average molecular weight is 441 g/mol. The van der Waals surface area contributed by atoms with Gasteiger partial charge in [0.1, 0.15) is 0 Å². The Labute approximate surface area is 152 Å². The van der Waals surface area contributed by atoms with E-state index in [9.17, 15) is 13.2 Å². The minimum Gasteiger partial charge on any atom is -0.405 e. The summed E-state index contributed by atoms with van der Waals surface area (Å²) in [5.74, 6) is 0.384. The molecular weight excluding hydrogens is 421 g/mol. The van der Waals surface area contributed by atoms with E-state index in [0.717, 1.165) is 36.6 Å². The lowest BCUT2D eigenvalue weighted by Gasteiger charge is -2.06. The van der Waals surface area contributed by atoms with E-state index in [1.807, 2.05) is 32.0 Å². The number of hydrogen-bond acceptors (Lipinski definition) is 3. The van der Waals surface area contributed by atoms with Gasteiger partial charge in [0.05, 0.1) is 10.5 Å². The van der Waals surface area contributed by atoms with Gasteiger partial charge >= 0.3 is 5.51 Å². The SMILES string of the molecule is CC(C)c1ccc2cc(C3CCCC3)[s+](C(F)(F)F)c2c1.[O-][Br+2]([O-])[O-]. The molecule has 0 amide bonds. The van der Waals surface area contributed by atoms with Crippen molar-refractivity contribution in [3.63, 3.8) is 0 Å². The molecule has 1 fully saturated rings. The van der Waals surface area contributed by atoms with Crippen LogP contribution in [0.2, 0.25) is 0 Å². The molecular formula is C17H20BrF3O3S. The van der Waals surface area contributed by atoms with Gasteiger partial charge in [-0.25, -0.2) is 0 Å². The highest BCUT2D eigenvalue weighted by Crippen LogP contribution is 2.55. The largest absolute Gasteiger partial charge is 0.600 e. The van der Waals surface area contributed by atoms with Crippen LogP contribution in [-0.4, -0.2) is 0 Å². The van der Waals surface area contributed by atoms with Crippen molar-refractivity contribution in [1.29, 1.82) is 0 Å². The van der Waals surface area contributed by atoms with Crippen LogP contribution in [0.25, 0.3) is 10.1 Å². The van der Waals surface area contributed by atoms with Crippen molar-refractivity contribution in [3.8, 4) is 0 Å². The van der Waals surface area contributed by atoms with Crippen molar-refractivity contribution < 1.29 is 40.6 Å². The first-order chi connectivity index (χ1) is 11.6. The fourth-order valence-electron chi connectivity index (χ4n) is 3.30. The molecule has 2 aromatic rings. The van der Waals surface area contributed by atoms with Gasteiger partial charge in [0, 0.05) is 23.4 Å². The van der Waals surface area contributed by atoms with E-state index >= 15 is 0 Å². The monoisotopic (exact) mass is 440 g/mol. The van der Waals surface area contributed by atoms with Gasteiger partial charge in [-0.05, 0) is 30.4 Å². The zero-order valence-corrected chi connectivity index (χ0v) is 16.3. The first-order valence-electron chi connectivity index (χ1n) is 8.01. The summed E-state index contributed by atoms with van der Waals surface area (Å²) in [6, 6.07) is 7.45. The molecule has 0 aliphatic heterocycles. The van der Waals surface area contributed by atoms with E-state index in [-0.39, 0.29) is 11.8 Å². The lowest BCUT2D eigenvalue weighted by atomic mass is 10.0. The maximum Gasteiger partial charge on any atom is 0.600 e. The summed E-state index contributed by atoms with van der Waals surface area (Å²) < 4.78 is 67.0. The number of thiophene rings is 1. The van der Waals surface area contributed by atoms with Crippen LogP contribution in [0.5, 0.6) is 0 Å². The molecule has 0 saturated heterocycles. The predicted octanol–water partition coefficient (Wildman–Crippen LogP) is 3.28. The number of rotatable bonds is 2. The zero-order valence-electron chi connectivity index (χ0n) is 13.9. The Morgan fingerprint density at radius 2 is 1.64 bits per heavy atom. The van der Waals surface area contributed by atoms with Crippen LogP contribution in [-0.2, 0) is 5.51 Å². The highest BCUT2D eigenvalue weighted by Gasteiger charge is 2.49.